The summed E-state index contributed by atoms with van der Waals surface area (Å²) in [4.78, 5) is 8.91. The first-order valence-electron chi connectivity index (χ1n) is 8.67. The highest BCUT2D eigenvalue weighted by atomic mass is 14.7. The number of hydrogen-bond donors (Lipinski definition) is 0. The second kappa shape index (κ2) is 6.08. The molecule has 2 aromatic heterocycles. The maximum Gasteiger partial charge on any atom is 0.0702 e. The summed E-state index contributed by atoms with van der Waals surface area (Å²) >= 11 is 0. The van der Waals surface area contributed by atoms with Gasteiger partial charge in [-0.25, -0.2) is 0 Å². The van der Waals surface area contributed by atoms with Gasteiger partial charge in [-0.05, 0) is 70.1 Å². The van der Waals surface area contributed by atoms with Crippen molar-refractivity contribution in [2.75, 3.05) is 0 Å². The van der Waals surface area contributed by atoms with E-state index in [1.807, 2.05) is 48.8 Å². The van der Waals surface area contributed by atoms with Crippen LogP contribution in [-0.4, -0.2) is 9.97 Å². The van der Waals surface area contributed by atoms with Gasteiger partial charge in [-0.3, -0.25) is 9.97 Å². The van der Waals surface area contributed by atoms with Gasteiger partial charge in [0.2, 0.25) is 0 Å². The number of benzene rings is 3. The summed E-state index contributed by atoms with van der Waals surface area (Å²) in [5, 5.41) is 4.92. The number of nitrogens with zero attached hydrogens (tertiary/aromatic N) is 2. The summed E-state index contributed by atoms with van der Waals surface area (Å²) in [6.07, 6.45) is 3.66. The lowest BCUT2D eigenvalue weighted by Gasteiger charge is -2.07. The lowest BCUT2D eigenvalue weighted by Crippen LogP contribution is -1.85. The van der Waals surface area contributed by atoms with E-state index in [0.29, 0.717) is 0 Å². The predicted molar refractivity (Wildman–Crippen MR) is 108 cm³/mol. The van der Waals surface area contributed by atoms with Crippen molar-refractivity contribution in [2.45, 2.75) is 0 Å². The number of fused-ring (bicyclic) bond motifs is 2. The summed E-state index contributed by atoms with van der Waals surface area (Å²) in [6.45, 7) is 0. The van der Waals surface area contributed by atoms with Crippen molar-refractivity contribution in [3.05, 3.63) is 97.3 Å². The van der Waals surface area contributed by atoms with Crippen molar-refractivity contribution in [3.8, 4) is 22.5 Å². The van der Waals surface area contributed by atoms with Crippen LogP contribution in [0, 0.1) is 0 Å². The Balaban J connectivity index is 1.65. The fourth-order valence-electron chi connectivity index (χ4n) is 3.38. The monoisotopic (exact) mass is 332 g/mol. The van der Waals surface area contributed by atoms with Crippen LogP contribution >= 0.6 is 0 Å². The molecule has 0 spiro atoms. The van der Waals surface area contributed by atoms with Gasteiger partial charge in [0, 0.05) is 23.5 Å². The summed E-state index contributed by atoms with van der Waals surface area (Å²) in [5.74, 6) is 0. The third kappa shape index (κ3) is 2.62. The molecule has 2 heteroatoms. The highest BCUT2D eigenvalue weighted by molar-refractivity contribution is 6.00. The normalized spacial score (nSPS) is 11.1. The summed E-state index contributed by atoms with van der Waals surface area (Å²) in [5.41, 5.74) is 4.28. The van der Waals surface area contributed by atoms with Crippen LogP contribution in [0.5, 0.6) is 0 Å². The van der Waals surface area contributed by atoms with Gasteiger partial charge in [0.1, 0.15) is 0 Å². The van der Waals surface area contributed by atoms with E-state index in [0.717, 1.165) is 22.5 Å². The third-order valence-corrected chi connectivity index (χ3v) is 4.72. The molecule has 0 saturated carbocycles. The van der Waals surface area contributed by atoms with E-state index in [-0.39, 0.29) is 0 Å². The van der Waals surface area contributed by atoms with Gasteiger partial charge >= 0.3 is 0 Å². The van der Waals surface area contributed by atoms with Gasteiger partial charge in [0.25, 0.3) is 0 Å². The second-order valence-electron chi connectivity index (χ2n) is 6.41. The molecule has 0 aliphatic heterocycles. The predicted octanol–water partition coefficient (Wildman–Crippen LogP) is 6.12. The van der Waals surface area contributed by atoms with Gasteiger partial charge < -0.3 is 0 Å². The first kappa shape index (κ1) is 14.8. The largest absolute Gasteiger partial charge is 0.256 e. The van der Waals surface area contributed by atoms with Crippen molar-refractivity contribution in [1.82, 2.24) is 9.97 Å². The molecule has 0 bridgehead atoms. The molecule has 0 radical (unpaired) electrons. The van der Waals surface area contributed by atoms with E-state index in [1.165, 1.54) is 21.5 Å². The molecule has 2 heterocycles. The molecule has 0 aliphatic carbocycles. The van der Waals surface area contributed by atoms with Crippen molar-refractivity contribution >= 4 is 21.5 Å². The summed E-state index contributed by atoms with van der Waals surface area (Å²) < 4.78 is 0. The van der Waals surface area contributed by atoms with Crippen LogP contribution in [0.3, 0.4) is 0 Å². The van der Waals surface area contributed by atoms with E-state index in [1.54, 1.807) is 0 Å². The molecule has 2 nitrogen and oxygen atoms in total. The first-order chi connectivity index (χ1) is 12.9. The van der Waals surface area contributed by atoms with E-state index in [4.69, 9.17) is 0 Å². The van der Waals surface area contributed by atoms with Gasteiger partial charge in [-0.1, -0.05) is 36.4 Å². The SMILES string of the molecule is c1ccc(-c2ccc3cc4cc(-c5ccccn5)ccc4cc3c2)nc1. The smallest absolute Gasteiger partial charge is 0.0702 e. The fourth-order valence-corrected chi connectivity index (χ4v) is 3.38. The zero-order chi connectivity index (χ0) is 17.3. The maximum absolute atomic E-state index is 4.46. The Morgan fingerprint density at radius 3 is 1.35 bits per heavy atom. The molecule has 0 saturated heterocycles. The van der Waals surface area contributed by atoms with Crippen LogP contribution in [0.25, 0.3) is 44.1 Å². The Hall–Kier alpha value is -3.52. The molecule has 26 heavy (non-hydrogen) atoms. The number of aromatic nitrogens is 2. The van der Waals surface area contributed by atoms with Crippen LogP contribution < -0.4 is 0 Å². The minimum atomic E-state index is 1.000. The Kier molecular flexibility index (Phi) is 3.46. The maximum atomic E-state index is 4.46. The Bertz CT molecular complexity index is 1110. The minimum Gasteiger partial charge on any atom is -0.256 e. The molecule has 0 aliphatic rings. The summed E-state index contributed by atoms with van der Waals surface area (Å²) in [7, 11) is 0. The van der Waals surface area contributed by atoms with Crippen LogP contribution in [-0.2, 0) is 0 Å². The van der Waals surface area contributed by atoms with Crippen LogP contribution in [0.1, 0.15) is 0 Å². The van der Waals surface area contributed by atoms with Crippen LogP contribution in [0.15, 0.2) is 97.3 Å². The van der Waals surface area contributed by atoms with E-state index in [9.17, 15) is 0 Å². The van der Waals surface area contributed by atoms with Crippen molar-refractivity contribution in [3.63, 3.8) is 0 Å². The molecule has 0 amide bonds. The van der Waals surface area contributed by atoms with Crippen LogP contribution in [0.4, 0.5) is 0 Å². The molecule has 0 unspecified atom stereocenters. The topological polar surface area (TPSA) is 25.8 Å². The number of rotatable bonds is 2. The standard InChI is InChI=1S/C24H16N2/c1-3-11-25-23(5-1)19-9-7-17-14-22-16-20(24-6-2-4-12-26-24)10-8-18(22)13-21(17)15-19/h1-16H. The third-order valence-electron chi connectivity index (χ3n) is 4.72. The molecule has 122 valence electrons. The molecular formula is C24H16N2. The van der Waals surface area contributed by atoms with Gasteiger partial charge in [0.05, 0.1) is 11.4 Å². The Morgan fingerprint density at radius 1 is 0.423 bits per heavy atom. The fraction of sp³-hybridized carbons (Fsp3) is 0. The highest BCUT2D eigenvalue weighted by Gasteiger charge is 2.05. The quantitative estimate of drug-likeness (QED) is 0.364. The average Bonchev–Trinajstić information content (AvgIpc) is 2.73. The van der Waals surface area contributed by atoms with Gasteiger partial charge in [-0.15, -0.1) is 0 Å². The van der Waals surface area contributed by atoms with Crippen molar-refractivity contribution in [2.24, 2.45) is 0 Å². The molecule has 5 aromatic rings. The van der Waals surface area contributed by atoms with Gasteiger partial charge in [-0.2, -0.15) is 0 Å². The molecule has 0 fully saturated rings. The molecule has 5 rings (SSSR count). The van der Waals surface area contributed by atoms with Crippen LogP contribution in [0.2, 0.25) is 0 Å². The lowest BCUT2D eigenvalue weighted by atomic mass is 9.98. The van der Waals surface area contributed by atoms with Crippen molar-refractivity contribution in [1.29, 1.82) is 0 Å². The first-order valence-corrected chi connectivity index (χ1v) is 8.67. The van der Waals surface area contributed by atoms with E-state index < -0.39 is 0 Å². The zero-order valence-corrected chi connectivity index (χ0v) is 14.1. The van der Waals surface area contributed by atoms with E-state index in [2.05, 4.69) is 58.5 Å². The van der Waals surface area contributed by atoms with Crippen molar-refractivity contribution < 1.29 is 0 Å². The van der Waals surface area contributed by atoms with E-state index >= 15 is 0 Å². The zero-order valence-electron chi connectivity index (χ0n) is 14.1. The van der Waals surface area contributed by atoms with Gasteiger partial charge in [0.15, 0.2) is 0 Å². The molecule has 0 atom stereocenters. The average molecular weight is 332 g/mol. The minimum absolute atomic E-state index is 1.000. The molecule has 0 N–H and O–H groups in total. The summed E-state index contributed by atoms with van der Waals surface area (Å²) in [6, 6.07) is 29.6. The number of pyridine rings is 2. The number of hydrogen-bond acceptors (Lipinski definition) is 2. The highest BCUT2D eigenvalue weighted by Crippen LogP contribution is 2.29. The Labute approximate surface area is 151 Å². The second-order valence-corrected chi connectivity index (χ2v) is 6.41. The lowest BCUT2D eigenvalue weighted by molar-refractivity contribution is 1.33. The molecular weight excluding hydrogens is 316 g/mol. The Morgan fingerprint density at radius 2 is 0.923 bits per heavy atom. The molecule has 3 aromatic carbocycles.